The maximum atomic E-state index is 4.79. The summed E-state index contributed by atoms with van der Waals surface area (Å²) in [5, 5.41) is 0. The van der Waals surface area contributed by atoms with Crippen LogP contribution >= 0.6 is 0 Å². The van der Waals surface area contributed by atoms with Crippen molar-refractivity contribution in [2.24, 2.45) is 0 Å². The number of benzene rings is 1. The van der Waals surface area contributed by atoms with E-state index < -0.39 is 0 Å². The Morgan fingerprint density at radius 1 is 1.05 bits per heavy atom. The molecule has 0 saturated carbocycles. The van der Waals surface area contributed by atoms with Crippen LogP contribution in [0.3, 0.4) is 0 Å². The minimum absolute atomic E-state index is 0.949. The van der Waals surface area contributed by atoms with E-state index in [4.69, 9.17) is 4.98 Å². The van der Waals surface area contributed by atoms with Crippen LogP contribution in [0.4, 0.5) is 0 Å². The minimum atomic E-state index is 0.949. The summed E-state index contributed by atoms with van der Waals surface area (Å²) in [5.74, 6) is 0. The van der Waals surface area contributed by atoms with Crippen LogP contribution in [-0.2, 0) is 6.42 Å². The first-order valence-corrected chi connectivity index (χ1v) is 6.74. The molecule has 2 heterocycles. The number of fused-ring (bicyclic) bond motifs is 1. The van der Waals surface area contributed by atoms with E-state index in [1.54, 1.807) is 0 Å². The summed E-state index contributed by atoms with van der Waals surface area (Å²) in [6.07, 6.45) is 0.949. The zero-order valence-electron chi connectivity index (χ0n) is 11.6. The monoisotopic (exact) mass is 250 g/mol. The lowest BCUT2D eigenvalue weighted by molar-refractivity contribution is 1.06. The van der Waals surface area contributed by atoms with Crippen molar-refractivity contribution in [2.45, 2.75) is 27.2 Å². The highest BCUT2D eigenvalue weighted by Crippen LogP contribution is 2.27. The molecule has 0 amide bonds. The Bertz CT molecular complexity index is 724. The molecule has 0 aliphatic heterocycles. The summed E-state index contributed by atoms with van der Waals surface area (Å²) in [7, 11) is 0. The van der Waals surface area contributed by atoms with E-state index >= 15 is 0 Å². The van der Waals surface area contributed by atoms with Crippen molar-refractivity contribution in [1.82, 2.24) is 9.38 Å². The van der Waals surface area contributed by atoms with E-state index in [0.29, 0.717) is 0 Å². The minimum Gasteiger partial charge on any atom is -0.297 e. The second-order valence-electron chi connectivity index (χ2n) is 4.99. The Morgan fingerprint density at radius 2 is 1.79 bits per heavy atom. The highest BCUT2D eigenvalue weighted by atomic mass is 15.0. The van der Waals surface area contributed by atoms with Crippen molar-refractivity contribution in [3.63, 3.8) is 0 Å². The van der Waals surface area contributed by atoms with Crippen molar-refractivity contribution in [2.75, 3.05) is 0 Å². The van der Waals surface area contributed by atoms with Crippen LogP contribution < -0.4 is 0 Å². The normalized spacial score (nSPS) is 11.1. The number of rotatable bonds is 2. The van der Waals surface area contributed by atoms with Crippen LogP contribution in [0.25, 0.3) is 16.9 Å². The number of hydrogen-bond acceptors (Lipinski definition) is 1. The second kappa shape index (κ2) is 4.54. The summed E-state index contributed by atoms with van der Waals surface area (Å²) in [6.45, 7) is 6.43. The third-order valence-electron chi connectivity index (χ3n) is 3.50. The number of hydrogen-bond donors (Lipinski definition) is 0. The molecule has 0 spiro atoms. The Hall–Kier alpha value is -2.09. The van der Waals surface area contributed by atoms with Gasteiger partial charge in [0.05, 0.1) is 11.4 Å². The molecule has 3 rings (SSSR count). The third kappa shape index (κ3) is 1.93. The molecule has 96 valence electrons. The molecule has 0 saturated heterocycles. The molecule has 0 bridgehead atoms. The first-order valence-electron chi connectivity index (χ1n) is 6.74. The van der Waals surface area contributed by atoms with Gasteiger partial charge in [-0.15, -0.1) is 0 Å². The van der Waals surface area contributed by atoms with Crippen LogP contribution in [0.5, 0.6) is 0 Å². The molecule has 2 aromatic heterocycles. The van der Waals surface area contributed by atoms with Crippen molar-refractivity contribution >= 4 is 5.65 Å². The summed E-state index contributed by atoms with van der Waals surface area (Å²) in [6, 6.07) is 14.9. The number of pyridine rings is 1. The molecule has 3 aromatic rings. The van der Waals surface area contributed by atoms with Gasteiger partial charge in [-0.05, 0) is 38.0 Å². The summed E-state index contributed by atoms with van der Waals surface area (Å²) < 4.78 is 2.27. The summed E-state index contributed by atoms with van der Waals surface area (Å²) >= 11 is 0. The van der Waals surface area contributed by atoms with Gasteiger partial charge in [-0.1, -0.05) is 37.3 Å². The fraction of sp³-hybridized carbons (Fsp3) is 0.235. The van der Waals surface area contributed by atoms with E-state index in [1.807, 2.05) is 0 Å². The van der Waals surface area contributed by atoms with Crippen LogP contribution in [0.15, 0.2) is 42.5 Å². The van der Waals surface area contributed by atoms with E-state index in [0.717, 1.165) is 12.1 Å². The van der Waals surface area contributed by atoms with Crippen LogP contribution in [0.2, 0.25) is 0 Å². The summed E-state index contributed by atoms with van der Waals surface area (Å²) in [5.41, 5.74) is 7.18. The lowest BCUT2D eigenvalue weighted by Crippen LogP contribution is -1.95. The topological polar surface area (TPSA) is 17.3 Å². The fourth-order valence-electron chi connectivity index (χ4n) is 2.72. The summed E-state index contributed by atoms with van der Waals surface area (Å²) in [4.78, 5) is 4.79. The first-order chi connectivity index (χ1) is 9.20. The number of nitrogens with zero attached hydrogens (tertiary/aromatic N) is 2. The number of aromatic nitrogens is 2. The number of aryl methyl sites for hydroxylation is 3. The number of imidazole rings is 1. The second-order valence-corrected chi connectivity index (χ2v) is 4.99. The Labute approximate surface area is 113 Å². The molecule has 0 unspecified atom stereocenters. The predicted octanol–water partition coefficient (Wildman–Crippen LogP) is 4.18. The van der Waals surface area contributed by atoms with Crippen molar-refractivity contribution in [1.29, 1.82) is 0 Å². The largest absolute Gasteiger partial charge is 0.297 e. The third-order valence-corrected chi connectivity index (χ3v) is 3.50. The van der Waals surface area contributed by atoms with Gasteiger partial charge in [0.15, 0.2) is 0 Å². The zero-order valence-corrected chi connectivity index (χ0v) is 11.6. The standard InChI is InChI=1S/C17H18N2/c1-4-15-17(14-8-6-5-7-9-14)19-13(3)10-12(2)11-16(19)18-15/h5-11H,4H2,1-3H3. The first kappa shape index (κ1) is 12.0. The van der Waals surface area contributed by atoms with E-state index in [-0.39, 0.29) is 0 Å². The van der Waals surface area contributed by atoms with Crippen molar-refractivity contribution in [3.05, 3.63) is 59.4 Å². The lowest BCUT2D eigenvalue weighted by atomic mass is 10.1. The van der Waals surface area contributed by atoms with E-state index in [1.165, 1.54) is 28.2 Å². The highest BCUT2D eigenvalue weighted by molar-refractivity contribution is 5.68. The average molecular weight is 250 g/mol. The van der Waals surface area contributed by atoms with E-state index in [9.17, 15) is 0 Å². The van der Waals surface area contributed by atoms with Gasteiger partial charge in [0.2, 0.25) is 0 Å². The maximum Gasteiger partial charge on any atom is 0.137 e. The van der Waals surface area contributed by atoms with Crippen LogP contribution in [-0.4, -0.2) is 9.38 Å². The SMILES string of the molecule is CCc1nc2cc(C)cc(C)n2c1-c1ccccc1. The Morgan fingerprint density at radius 3 is 2.47 bits per heavy atom. The van der Waals surface area contributed by atoms with Gasteiger partial charge in [0, 0.05) is 11.3 Å². The molecule has 0 radical (unpaired) electrons. The smallest absolute Gasteiger partial charge is 0.137 e. The van der Waals surface area contributed by atoms with Gasteiger partial charge in [0.25, 0.3) is 0 Å². The lowest BCUT2D eigenvalue weighted by Gasteiger charge is -2.08. The van der Waals surface area contributed by atoms with Gasteiger partial charge in [0.1, 0.15) is 5.65 Å². The molecule has 0 N–H and O–H groups in total. The quantitative estimate of drug-likeness (QED) is 0.667. The Balaban J connectivity index is 2.40. The molecule has 0 aliphatic carbocycles. The van der Waals surface area contributed by atoms with Gasteiger partial charge < -0.3 is 0 Å². The fourth-order valence-corrected chi connectivity index (χ4v) is 2.72. The molecule has 0 fully saturated rings. The van der Waals surface area contributed by atoms with Crippen molar-refractivity contribution < 1.29 is 0 Å². The molecule has 2 heteroatoms. The van der Waals surface area contributed by atoms with Gasteiger partial charge in [-0.3, -0.25) is 4.40 Å². The Kier molecular flexibility index (Phi) is 2.86. The van der Waals surface area contributed by atoms with Crippen LogP contribution in [0, 0.1) is 13.8 Å². The van der Waals surface area contributed by atoms with Gasteiger partial charge in [-0.25, -0.2) is 4.98 Å². The zero-order chi connectivity index (χ0) is 13.4. The molecule has 2 nitrogen and oxygen atoms in total. The molecule has 1 aromatic carbocycles. The van der Waals surface area contributed by atoms with Gasteiger partial charge >= 0.3 is 0 Å². The molecular weight excluding hydrogens is 232 g/mol. The maximum absolute atomic E-state index is 4.79. The molecule has 0 atom stereocenters. The molecule has 0 aliphatic rings. The predicted molar refractivity (Wildman–Crippen MR) is 79.5 cm³/mol. The van der Waals surface area contributed by atoms with E-state index in [2.05, 4.69) is 67.6 Å². The molecular formula is C17H18N2. The highest BCUT2D eigenvalue weighted by Gasteiger charge is 2.14. The van der Waals surface area contributed by atoms with Gasteiger partial charge in [-0.2, -0.15) is 0 Å². The molecule has 19 heavy (non-hydrogen) atoms. The average Bonchev–Trinajstić information content (AvgIpc) is 2.78. The van der Waals surface area contributed by atoms with Crippen LogP contribution in [0.1, 0.15) is 23.9 Å². The van der Waals surface area contributed by atoms with Crippen molar-refractivity contribution in [3.8, 4) is 11.3 Å².